The van der Waals surface area contributed by atoms with Crippen LogP contribution in [0.2, 0.25) is 0 Å². The smallest absolute Gasteiger partial charge is 0.0324 e. The summed E-state index contributed by atoms with van der Waals surface area (Å²) in [5.41, 5.74) is 0. The molecule has 17 heavy (non-hydrogen) atoms. The first-order valence-electron chi connectivity index (χ1n) is 8.43. The van der Waals surface area contributed by atoms with Gasteiger partial charge in [-0.2, -0.15) is 0 Å². The second-order valence-electron chi connectivity index (χ2n) is 7.56. The van der Waals surface area contributed by atoms with Crippen molar-refractivity contribution >= 4 is 0 Å². The van der Waals surface area contributed by atoms with E-state index >= 15 is 0 Å². The van der Waals surface area contributed by atoms with E-state index < -0.39 is 0 Å². The molecule has 0 heterocycles. The Morgan fingerprint density at radius 3 is 1.71 bits per heavy atom. The zero-order valence-corrected chi connectivity index (χ0v) is 11.2. The van der Waals surface area contributed by atoms with E-state index in [0.29, 0.717) is 0 Å². The molecule has 4 aliphatic rings. The molecule has 4 saturated carbocycles. The van der Waals surface area contributed by atoms with Crippen LogP contribution in [-0.2, 0) is 0 Å². The molecule has 0 N–H and O–H groups in total. The van der Waals surface area contributed by atoms with Gasteiger partial charge in [-0.25, -0.2) is 0 Å². The highest BCUT2D eigenvalue weighted by molar-refractivity contribution is 4.98. The summed E-state index contributed by atoms with van der Waals surface area (Å²) in [6, 6.07) is 0. The van der Waals surface area contributed by atoms with Crippen LogP contribution >= 0.6 is 0 Å². The molecule has 0 amide bonds. The average molecular weight is 232 g/mol. The lowest BCUT2D eigenvalue weighted by Gasteiger charge is -2.52. The van der Waals surface area contributed by atoms with Gasteiger partial charge in [-0.15, -0.1) is 0 Å². The van der Waals surface area contributed by atoms with Gasteiger partial charge in [0.2, 0.25) is 0 Å². The quantitative estimate of drug-likeness (QED) is 0.549. The Labute approximate surface area is 107 Å². The fourth-order valence-electron chi connectivity index (χ4n) is 6.43. The molecular weight excluding hydrogens is 204 g/mol. The summed E-state index contributed by atoms with van der Waals surface area (Å²) in [5, 5.41) is 0. The molecule has 96 valence electrons. The normalized spacial score (nSPS) is 53.6. The number of fused-ring (bicyclic) bond motifs is 5. The highest BCUT2D eigenvalue weighted by atomic mass is 14.5. The van der Waals surface area contributed by atoms with Gasteiger partial charge in [-0.3, -0.25) is 0 Å². The molecule has 0 aromatic rings. The van der Waals surface area contributed by atoms with E-state index in [9.17, 15) is 0 Å². The van der Waals surface area contributed by atoms with Crippen molar-refractivity contribution in [2.24, 2.45) is 35.5 Å². The Morgan fingerprint density at radius 1 is 0.412 bits per heavy atom. The maximum absolute atomic E-state index is 1.61. The summed E-state index contributed by atoms with van der Waals surface area (Å²) >= 11 is 0. The largest absolute Gasteiger partial charge is 0.0530 e. The Kier molecular flexibility index (Phi) is 2.74. The standard InChI is InChI=1S/C17H28/c1-2-6-15-12(4-1)8-10-14-11-9-13-5-3-7-16(13)17(14)15/h12-17H,1-11H2. The van der Waals surface area contributed by atoms with E-state index in [1.54, 1.807) is 70.6 Å². The minimum Gasteiger partial charge on any atom is -0.0530 e. The van der Waals surface area contributed by atoms with Crippen molar-refractivity contribution in [1.82, 2.24) is 0 Å². The van der Waals surface area contributed by atoms with Crippen LogP contribution in [-0.4, -0.2) is 0 Å². The van der Waals surface area contributed by atoms with E-state index in [4.69, 9.17) is 0 Å². The predicted octanol–water partition coefficient (Wildman–Crippen LogP) is 5.03. The lowest BCUT2D eigenvalue weighted by atomic mass is 9.53. The van der Waals surface area contributed by atoms with E-state index in [-0.39, 0.29) is 0 Å². The van der Waals surface area contributed by atoms with E-state index in [2.05, 4.69) is 0 Å². The van der Waals surface area contributed by atoms with Crippen molar-refractivity contribution in [2.45, 2.75) is 70.6 Å². The molecule has 4 fully saturated rings. The van der Waals surface area contributed by atoms with Gasteiger partial charge < -0.3 is 0 Å². The predicted molar refractivity (Wildman–Crippen MR) is 71.7 cm³/mol. The van der Waals surface area contributed by atoms with E-state index in [0.717, 1.165) is 17.8 Å². The second-order valence-corrected chi connectivity index (χ2v) is 7.56. The molecule has 0 heteroatoms. The molecule has 6 atom stereocenters. The third-order valence-corrected chi connectivity index (χ3v) is 7.04. The highest BCUT2D eigenvalue weighted by Crippen LogP contribution is 2.58. The van der Waals surface area contributed by atoms with Gasteiger partial charge in [0.1, 0.15) is 0 Å². The summed E-state index contributed by atoms with van der Waals surface area (Å²) in [6.07, 6.45) is 17.5. The van der Waals surface area contributed by atoms with Gasteiger partial charge in [0.25, 0.3) is 0 Å². The number of hydrogen-bond donors (Lipinski definition) is 0. The van der Waals surface area contributed by atoms with Gasteiger partial charge in [0.15, 0.2) is 0 Å². The van der Waals surface area contributed by atoms with Crippen molar-refractivity contribution in [3.63, 3.8) is 0 Å². The van der Waals surface area contributed by atoms with Crippen LogP contribution in [0, 0.1) is 35.5 Å². The highest BCUT2D eigenvalue weighted by Gasteiger charge is 2.49. The molecule has 4 rings (SSSR count). The fourth-order valence-corrected chi connectivity index (χ4v) is 6.43. The van der Waals surface area contributed by atoms with Crippen LogP contribution in [0.3, 0.4) is 0 Å². The van der Waals surface area contributed by atoms with Crippen molar-refractivity contribution in [3.8, 4) is 0 Å². The van der Waals surface area contributed by atoms with Crippen LogP contribution in [0.4, 0.5) is 0 Å². The minimum absolute atomic E-state index is 1.16. The van der Waals surface area contributed by atoms with E-state index in [1.807, 2.05) is 0 Å². The molecule has 0 radical (unpaired) electrons. The Hall–Kier alpha value is 0. The zero-order valence-electron chi connectivity index (χ0n) is 11.2. The summed E-state index contributed by atoms with van der Waals surface area (Å²) in [5.74, 6) is 7.03. The first-order valence-corrected chi connectivity index (χ1v) is 8.43. The number of hydrogen-bond acceptors (Lipinski definition) is 0. The summed E-state index contributed by atoms with van der Waals surface area (Å²) in [4.78, 5) is 0. The molecule has 0 aliphatic heterocycles. The van der Waals surface area contributed by atoms with Gasteiger partial charge in [0.05, 0.1) is 0 Å². The minimum atomic E-state index is 1.16. The number of rotatable bonds is 0. The molecule has 0 saturated heterocycles. The van der Waals surface area contributed by atoms with Crippen LogP contribution in [0.15, 0.2) is 0 Å². The molecule has 0 nitrogen and oxygen atoms in total. The molecule has 0 aromatic heterocycles. The summed E-state index contributed by atoms with van der Waals surface area (Å²) in [6.45, 7) is 0. The second kappa shape index (κ2) is 4.28. The molecule has 0 bridgehead atoms. The van der Waals surface area contributed by atoms with Crippen molar-refractivity contribution in [1.29, 1.82) is 0 Å². The molecule has 0 aromatic carbocycles. The third kappa shape index (κ3) is 1.70. The van der Waals surface area contributed by atoms with Crippen LogP contribution in [0.1, 0.15) is 70.6 Å². The van der Waals surface area contributed by atoms with Gasteiger partial charge in [-0.1, -0.05) is 32.1 Å². The van der Waals surface area contributed by atoms with Gasteiger partial charge in [-0.05, 0) is 74.0 Å². The SMILES string of the molecule is C1CCC2C(C1)CCC1CCC3CCCC3C12. The Bertz CT molecular complexity index is 282. The Balaban J connectivity index is 1.60. The lowest BCUT2D eigenvalue weighted by Crippen LogP contribution is -2.44. The molecule has 6 unspecified atom stereocenters. The zero-order chi connectivity index (χ0) is 11.2. The molecule has 0 spiro atoms. The monoisotopic (exact) mass is 232 g/mol. The Morgan fingerprint density at radius 2 is 0.941 bits per heavy atom. The van der Waals surface area contributed by atoms with Crippen LogP contribution in [0.5, 0.6) is 0 Å². The third-order valence-electron chi connectivity index (χ3n) is 7.04. The van der Waals surface area contributed by atoms with Gasteiger partial charge >= 0.3 is 0 Å². The molecular formula is C17H28. The fraction of sp³-hybridized carbons (Fsp3) is 1.00. The summed E-state index contributed by atoms with van der Waals surface area (Å²) < 4.78 is 0. The van der Waals surface area contributed by atoms with Crippen LogP contribution < -0.4 is 0 Å². The lowest BCUT2D eigenvalue weighted by molar-refractivity contribution is -0.0263. The first kappa shape index (κ1) is 10.9. The van der Waals surface area contributed by atoms with Crippen LogP contribution in [0.25, 0.3) is 0 Å². The average Bonchev–Trinajstić information content (AvgIpc) is 2.86. The summed E-state index contributed by atoms with van der Waals surface area (Å²) in [7, 11) is 0. The van der Waals surface area contributed by atoms with Crippen molar-refractivity contribution < 1.29 is 0 Å². The maximum Gasteiger partial charge on any atom is -0.0324 e. The maximum atomic E-state index is 1.61. The topological polar surface area (TPSA) is 0 Å². The van der Waals surface area contributed by atoms with Crippen molar-refractivity contribution in [2.75, 3.05) is 0 Å². The molecule has 4 aliphatic carbocycles. The van der Waals surface area contributed by atoms with E-state index in [1.165, 1.54) is 17.8 Å². The van der Waals surface area contributed by atoms with Gasteiger partial charge in [0, 0.05) is 0 Å². The van der Waals surface area contributed by atoms with Crippen molar-refractivity contribution in [3.05, 3.63) is 0 Å². The first-order chi connectivity index (χ1) is 8.43.